The normalized spacial score (nSPS) is 16.8. The highest BCUT2D eigenvalue weighted by molar-refractivity contribution is 7.11. The molecule has 96 valence electrons. The largest absolute Gasteiger partial charge is 0.377 e. The molecule has 1 aliphatic carbocycles. The Labute approximate surface area is 108 Å². The van der Waals surface area contributed by atoms with Crippen LogP contribution >= 0.6 is 11.3 Å². The molecule has 0 aromatic carbocycles. The standard InChI is InChI=1S/C13H22N2OS/c1-10-13(17-11(2)15-10)9-14-7-8-16-12-5-3-4-6-12/h12,14H,3-9H2,1-2H3. The second-order valence-corrected chi connectivity index (χ2v) is 5.98. The monoisotopic (exact) mass is 254 g/mol. The van der Waals surface area contributed by atoms with Gasteiger partial charge in [-0.3, -0.25) is 0 Å². The summed E-state index contributed by atoms with van der Waals surface area (Å²) in [6.07, 6.45) is 5.74. The Balaban J connectivity index is 1.58. The van der Waals surface area contributed by atoms with E-state index in [4.69, 9.17) is 4.74 Å². The van der Waals surface area contributed by atoms with Gasteiger partial charge in [0.15, 0.2) is 0 Å². The second-order valence-electron chi connectivity index (χ2n) is 4.70. The zero-order chi connectivity index (χ0) is 12.1. The number of hydrogen-bond donors (Lipinski definition) is 1. The van der Waals surface area contributed by atoms with Gasteiger partial charge in [-0.2, -0.15) is 0 Å². The van der Waals surface area contributed by atoms with Crippen LogP contribution in [0, 0.1) is 13.8 Å². The van der Waals surface area contributed by atoms with Gasteiger partial charge in [0.25, 0.3) is 0 Å². The van der Waals surface area contributed by atoms with Crippen molar-refractivity contribution < 1.29 is 4.74 Å². The maximum Gasteiger partial charge on any atom is 0.0900 e. The molecule has 1 saturated carbocycles. The number of hydrogen-bond acceptors (Lipinski definition) is 4. The first-order chi connectivity index (χ1) is 8.25. The van der Waals surface area contributed by atoms with E-state index in [2.05, 4.69) is 24.1 Å². The van der Waals surface area contributed by atoms with Crippen molar-refractivity contribution in [2.24, 2.45) is 0 Å². The first kappa shape index (κ1) is 13.0. The van der Waals surface area contributed by atoms with Gasteiger partial charge in [-0.25, -0.2) is 4.98 Å². The summed E-state index contributed by atoms with van der Waals surface area (Å²) in [4.78, 5) is 5.77. The fourth-order valence-electron chi connectivity index (χ4n) is 2.29. The summed E-state index contributed by atoms with van der Waals surface area (Å²) in [5.74, 6) is 0. The van der Waals surface area contributed by atoms with Crippen LogP contribution in [0.3, 0.4) is 0 Å². The molecule has 0 amide bonds. The molecule has 3 nitrogen and oxygen atoms in total. The van der Waals surface area contributed by atoms with E-state index in [0.717, 1.165) is 30.4 Å². The van der Waals surface area contributed by atoms with E-state index >= 15 is 0 Å². The predicted octanol–water partition coefficient (Wildman–Crippen LogP) is 2.81. The van der Waals surface area contributed by atoms with Crippen molar-refractivity contribution in [3.63, 3.8) is 0 Å². The topological polar surface area (TPSA) is 34.2 Å². The molecule has 0 spiro atoms. The third-order valence-corrected chi connectivity index (χ3v) is 4.29. The summed E-state index contributed by atoms with van der Waals surface area (Å²) < 4.78 is 5.80. The molecule has 0 saturated heterocycles. The minimum absolute atomic E-state index is 0.532. The third-order valence-electron chi connectivity index (χ3n) is 3.22. The summed E-state index contributed by atoms with van der Waals surface area (Å²) in [6.45, 7) is 6.83. The Kier molecular flexibility index (Phi) is 4.95. The van der Waals surface area contributed by atoms with Gasteiger partial charge < -0.3 is 10.1 Å². The molecule has 0 bridgehead atoms. The number of ether oxygens (including phenoxy) is 1. The van der Waals surface area contributed by atoms with E-state index in [1.807, 2.05) is 0 Å². The Morgan fingerprint density at radius 1 is 1.35 bits per heavy atom. The lowest BCUT2D eigenvalue weighted by molar-refractivity contribution is 0.0603. The molecule has 1 fully saturated rings. The Morgan fingerprint density at radius 3 is 2.76 bits per heavy atom. The van der Waals surface area contributed by atoms with Crippen LogP contribution in [0.15, 0.2) is 0 Å². The zero-order valence-corrected chi connectivity index (χ0v) is 11.6. The lowest BCUT2D eigenvalue weighted by Gasteiger charge is -2.11. The minimum Gasteiger partial charge on any atom is -0.377 e. The predicted molar refractivity (Wildman–Crippen MR) is 71.5 cm³/mol. The summed E-state index contributed by atoms with van der Waals surface area (Å²) in [5.41, 5.74) is 1.16. The fraction of sp³-hybridized carbons (Fsp3) is 0.769. The van der Waals surface area contributed by atoms with E-state index in [9.17, 15) is 0 Å². The van der Waals surface area contributed by atoms with E-state index in [-0.39, 0.29) is 0 Å². The van der Waals surface area contributed by atoms with Gasteiger partial charge in [0.05, 0.1) is 23.4 Å². The van der Waals surface area contributed by atoms with Crippen molar-refractivity contribution in [2.45, 2.75) is 52.2 Å². The molecule has 4 heteroatoms. The zero-order valence-electron chi connectivity index (χ0n) is 10.8. The van der Waals surface area contributed by atoms with Crippen molar-refractivity contribution in [2.75, 3.05) is 13.2 Å². The van der Waals surface area contributed by atoms with Crippen LogP contribution in [-0.4, -0.2) is 24.2 Å². The van der Waals surface area contributed by atoms with Gasteiger partial charge in [-0.1, -0.05) is 12.8 Å². The molecule has 1 aromatic rings. The molecule has 0 unspecified atom stereocenters. The smallest absolute Gasteiger partial charge is 0.0900 e. The van der Waals surface area contributed by atoms with E-state index in [1.165, 1.54) is 30.6 Å². The minimum atomic E-state index is 0.532. The summed E-state index contributed by atoms with van der Waals surface area (Å²) in [5, 5.41) is 4.58. The number of aryl methyl sites for hydroxylation is 2. The highest BCUT2D eigenvalue weighted by Crippen LogP contribution is 2.20. The SMILES string of the molecule is Cc1nc(C)c(CNCCOC2CCCC2)s1. The first-order valence-corrected chi connectivity index (χ1v) is 7.32. The Morgan fingerprint density at radius 2 is 2.12 bits per heavy atom. The Bertz CT molecular complexity index is 345. The van der Waals surface area contributed by atoms with Gasteiger partial charge in [-0.15, -0.1) is 11.3 Å². The highest BCUT2D eigenvalue weighted by Gasteiger charge is 2.14. The number of nitrogens with zero attached hydrogens (tertiary/aromatic N) is 1. The summed E-state index contributed by atoms with van der Waals surface area (Å²) in [6, 6.07) is 0. The summed E-state index contributed by atoms with van der Waals surface area (Å²) >= 11 is 1.78. The molecule has 1 aromatic heterocycles. The maximum absolute atomic E-state index is 5.80. The number of nitrogens with one attached hydrogen (secondary N) is 1. The first-order valence-electron chi connectivity index (χ1n) is 6.51. The molecule has 0 aliphatic heterocycles. The van der Waals surface area contributed by atoms with Crippen molar-refractivity contribution in [1.82, 2.24) is 10.3 Å². The van der Waals surface area contributed by atoms with Crippen LogP contribution < -0.4 is 5.32 Å². The van der Waals surface area contributed by atoms with Crippen molar-refractivity contribution in [3.8, 4) is 0 Å². The lowest BCUT2D eigenvalue weighted by Crippen LogP contribution is -2.21. The summed E-state index contributed by atoms with van der Waals surface area (Å²) in [7, 11) is 0. The lowest BCUT2D eigenvalue weighted by atomic mass is 10.3. The molecule has 0 radical (unpaired) electrons. The highest BCUT2D eigenvalue weighted by atomic mass is 32.1. The van der Waals surface area contributed by atoms with Crippen molar-refractivity contribution in [1.29, 1.82) is 0 Å². The molecular formula is C13H22N2OS. The van der Waals surface area contributed by atoms with E-state index in [1.54, 1.807) is 11.3 Å². The van der Waals surface area contributed by atoms with E-state index in [0.29, 0.717) is 6.10 Å². The van der Waals surface area contributed by atoms with Crippen LogP contribution in [0.25, 0.3) is 0 Å². The van der Waals surface area contributed by atoms with Gasteiger partial charge >= 0.3 is 0 Å². The van der Waals surface area contributed by atoms with Gasteiger partial charge in [0, 0.05) is 18.0 Å². The average molecular weight is 254 g/mol. The van der Waals surface area contributed by atoms with Crippen LogP contribution in [0.4, 0.5) is 0 Å². The van der Waals surface area contributed by atoms with E-state index < -0.39 is 0 Å². The van der Waals surface area contributed by atoms with Crippen molar-refractivity contribution >= 4 is 11.3 Å². The molecular weight excluding hydrogens is 232 g/mol. The molecule has 1 aliphatic rings. The van der Waals surface area contributed by atoms with Gasteiger partial charge in [0.1, 0.15) is 0 Å². The quantitative estimate of drug-likeness (QED) is 0.793. The molecule has 2 rings (SSSR count). The third kappa shape index (κ3) is 4.05. The maximum atomic E-state index is 5.80. The van der Waals surface area contributed by atoms with Gasteiger partial charge in [0.2, 0.25) is 0 Å². The van der Waals surface area contributed by atoms with Crippen LogP contribution in [-0.2, 0) is 11.3 Å². The Hall–Kier alpha value is -0.450. The van der Waals surface area contributed by atoms with Crippen LogP contribution in [0.2, 0.25) is 0 Å². The number of thiazole rings is 1. The molecule has 1 heterocycles. The van der Waals surface area contributed by atoms with Gasteiger partial charge in [-0.05, 0) is 26.7 Å². The van der Waals surface area contributed by atoms with Crippen molar-refractivity contribution in [3.05, 3.63) is 15.6 Å². The van der Waals surface area contributed by atoms with Crippen LogP contribution in [0.5, 0.6) is 0 Å². The molecule has 0 atom stereocenters. The second kappa shape index (κ2) is 6.47. The molecule has 1 N–H and O–H groups in total. The molecule has 17 heavy (non-hydrogen) atoms. The number of aromatic nitrogens is 1. The average Bonchev–Trinajstić information content (AvgIpc) is 2.89. The number of rotatable bonds is 6. The fourth-order valence-corrected chi connectivity index (χ4v) is 3.20. The van der Waals surface area contributed by atoms with Crippen LogP contribution in [0.1, 0.15) is 41.3 Å².